The summed E-state index contributed by atoms with van der Waals surface area (Å²) in [6.07, 6.45) is 8.24. The molecule has 0 radical (unpaired) electrons. The van der Waals surface area contributed by atoms with Crippen molar-refractivity contribution in [3.63, 3.8) is 0 Å². The molecule has 10 heteroatoms. The van der Waals surface area contributed by atoms with Crippen LogP contribution in [0.5, 0.6) is 0 Å². The summed E-state index contributed by atoms with van der Waals surface area (Å²) < 4.78 is 10.4. The molecule has 5 rings (SSSR count). The molecular weight excluding hydrogens is 535 g/mol. The summed E-state index contributed by atoms with van der Waals surface area (Å²) in [5.74, 6) is 0.815. The number of nitrogens with zero attached hydrogens (tertiary/aromatic N) is 6. The number of benzene rings is 1. The van der Waals surface area contributed by atoms with Crippen LogP contribution in [0.25, 0.3) is 22.1 Å². The highest BCUT2D eigenvalue weighted by molar-refractivity contribution is 7.13. The Bertz CT molecular complexity index is 1590. The molecule has 0 aliphatic carbocycles. The molecule has 0 saturated carbocycles. The maximum atomic E-state index is 6.60. The molecule has 0 unspecified atom stereocenters. The maximum absolute atomic E-state index is 6.60. The van der Waals surface area contributed by atoms with Gasteiger partial charge in [0.15, 0.2) is 8.32 Å². The van der Waals surface area contributed by atoms with Gasteiger partial charge in [-0.3, -0.25) is 0 Å². The van der Waals surface area contributed by atoms with E-state index in [1.165, 1.54) is 0 Å². The van der Waals surface area contributed by atoms with Crippen LogP contribution >= 0.6 is 11.3 Å². The van der Waals surface area contributed by atoms with Crippen molar-refractivity contribution in [3.05, 3.63) is 83.4 Å². The van der Waals surface area contributed by atoms with E-state index in [4.69, 9.17) is 14.5 Å². The summed E-state index contributed by atoms with van der Waals surface area (Å²) in [5, 5.41) is 15.9. The lowest BCUT2D eigenvalue weighted by atomic mass is 10.1. The second-order valence-corrected chi connectivity index (χ2v) is 17.2. The molecule has 5 aromatic rings. The number of aromatic nitrogens is 6. The van der Waals surface area contributed by atoms with E-state index in [9.17, 15) is 0 Å². The van der Waals surface area contributed by atoms with E-state index >= 15 is 0 Å². The van der Waals surface area contributed by atoms with Crippen LogP contribution in [0.15, 0.2) is 66.6 Å². The van der Waals surface area contributed by atoms with Crippen molar-refractivity contribution >= 4 is 31.2 Å². The average molecular weight is 572 g/mol. The van der Waals surface area contributed by atoms with Gasteiger partial charge in [-0.1, -0.05) is 20.8 Å². The second-order valence-electron chi connectivity index (χ2n) is 11.5. The van der Waals surface area contributed by atoms with Gasteiger partial charge >= 0.3 is 0 Å². The molecule has 1 N–H and O–H groups in total. The van der Waals surface area contributed by atoms with Crippen molar-refractivity contribution in [2.45, 2.75) is 59.2 Å². The number of anilines is 2. The molecule has 0 aliphatic rings. The Morgan fingerprint density at radius 3 is 2.52 bits per heavy atom. The van der Waals surface area contributed by atoms with E-state index in [2.05, 4.69) is 80.5 Å². The van der Waals surface area contributed by atoms with Gasteiger partial charge in [0.1, 0.15) is 16.5 Å². The standard InChI is InChI=1S/C30H37N7OSSi/c1-21-19-23(36-15-8-13-32-36)9-10-25(21)34-28-24(12-17-38-40(6,7)30(3,4)5)27(20-22(2)33-28)37-16-11-26(35-37)29-31-14-18-39-29/h8-11,13-16,18-20H,12,17H2,1-7H3,(H,33,34). The maximum Gasteiger partial charge on any atom is 0.191 e. The zero-order valence-electron chi connectivity index (χ0n) is 24.3. The minimum absolute atomic E-state index is 0.139. The fourth-order valence-corrected chi connectivity index (χ4v) is 5.91. The zero-order valence-corrected chi connectivity index (χ0v) is 26.1. The first kappa shape index (κ1) is 27.9. The molecule has 8 nitrogen and oxygen atoms in total. The molecule has 0 fully saturated rings. The van der Waals surface area contributed by atoms with Crippen molar-refractivity contribution in [1.82, 2.24) is 29.5 Å². The monoisotopic (exact) mass is 571 g/mol. The predicted molar refractivity (Wildman–Crippen MR) is 166 cm³/mol. The van der Waals surface area contributed by atoms with Crippen LogP contribution in [0.3, 0.4) is 0 Å². The lowest BCUT2D eigenvalue weighted by Gasteiger charge is -2.36. The molecular formula is C30H37N7OSSi. The first-order chi connectivity index (χ1) is 19.0. The number of nitrogens with one attached hydrogen (secondary N) is 1. The van der Waals surface area contributed by atoms with E-state index in [1.54, 1.807) is 23.7 Å². The Kier molecular flexibility index (Phi) is 7.76. The Morgan fingerprint density at radius 1 is 1.02 bits per heavy atom. The SMILES string of the molecule is Cc1cc(-n2ccc(-c3nccs3)n2)c(CCO[Si](C)(C)C(C)(C)C)c(Nc2ccc(-n3cccn3)cc2C)n1. The molecule has 4 heterocycles. The van der Waals surface area contributed by atoms with Gasteiger partial charge in [-0.25, -0.2) is 19.3 Å². The number of thiazole rings is 1. The molecule has 208 valence electrons. The second kappa shape index (κ2) is 11.1. The molecule has 0 bridgehead atoms. The van der Waals surface area contributed by atoms with Crippen molar-refractivity contribution < 1.29 is 4.43 Å². The average Bonchev–Trinajstić information content (AvgIpc) is 3.67. The van der Waals surface area contributed by atoms with Crippen LogP contribution in [0.2, 0.25) is 18.1 Å². The van der Waals surface area contributed by atoms with Crippen molar-refractivity contribution in [1.29, 1.82) is 0 Å². The van der Waals surface area contributed by atoms with Crippen LogP contribution in [0.4, 0.5) is 11.5 Å². The van der Waals surface area contributed by atoms with Crippen molar-refractivity contribution in [3.8, 4) is 22.1 Å². The van der Waals surface area contributed by atoms with E-state index in [0.29, 0.717) is 13.0 Å². The Hall–Kier alpha value is -3.60. The molecule has 0 aliphatic heterocycles. The fraction of sp³-hybridized carbons (Fsp3) is 0.333. The summed E-state index contributed by atoms with van der Waals surface area (Å²) in [6, 6.07) is 12.3. The smallest absolute Gasteiger partial charge is 0.191 e. The van der Waals surface area contributed by atoms with E-state index in [1.807, 2.05) is 46.2 Å². The van der Waals surface area contributed by atoms with Gasteiger partial charge in [-0.15, -0.1) is 11.3 Å². The lowest BCUT2D eigenvalue weighted by molar-refractivity contribution is 0.292. The molecule has 0 spiro atoms. The van der Waals surface area contributed by atoms with E-state index < -0.39 is 8.32 Å². The number of rotatable bonds is 9. The van der Waals surface area contributed by atoms with Gasteiger partial charge in [0.2, 0.25) is 0 Å². The van der Waals surface area contributed by atoms with Crippen LogP contribution in [0, 0.1) is 13.8 Å². The minimum atomic E-state index is -1.91. The number of hydrogen-bond acceptors (Lipinski definition) is 7. The Morgan fingerprint density at radius 2 is 1.85 bits per heavy atom. The summed E-state index contributed by atoms with van der Waals surface area (Å²) in [5.41, 5.74) is 6.93. The lowest BCUT2D eigenvalue weighted by Crippen LogP contribution is -2.41. The normalized spacial score (nSPS) is 12.2. The van der Waals surface area contributed by atoms with E-state index in [-0.39, 0.29) is 5.04 Å². The first-order valence-electron chi connectivity index (χ1n) is 13.5. The van der Waals surface area contributed by atoms with Crippen LogP contribution in [0.1, 0.15) is 37.6 Å². The molecule has 0 atom stereocenters. The minimum Gasteiger partial charge on any atom is -0.416 e. The van der Waals surface area contributed by atoms with Gasteiger partial charge < -0.3 is 9.74 Å². The van der Waals surface area contributed by atoms with E-state index in [0.717, 1.165) is 50.4 Å². The van der Waals surface area contributed by atoms with Gasteiger partial charge in [-0.2, -0.15) is 10.2 Å². The Labute approximate surface area is 241 Å². The zero-order chi connectivity index (χ0) is 28.5. The van der Waals surface area contributed by atoms with Crippen LogP contribution in [-0.2, 0) is 10.8 Å². The van der Waals surface area contributed by atoms with Gasteiger partial charge in [0.25, 0.3) is 0 Å². The fourth-order valence-electron chi connectivity index (χ4n) is 4.26. The highest BCUT2D eigenvalue weighted by atomic mass is 32.1. The quantitative estimate of drug-likeness (QED) is 0.184. The predicted octanol–water partition coefficient (Wildman–Crippen LogP) is 7.50. The number of aryl methyl sites for hydroxylation is 2. The summed E-state index contributed by atoms with van der Waals surface area (Å²) in [6.45, 7) is 16.1. The van der Waals surface area contributed by atoms with Crippen LogP contribution in [-0.4, -0.2) is 44.5 Å². The third kappa shape index (κ3) is 5.94. The largest absolute Gasteiger partial charge is 0.416 e. The van der Waals surface area contributed by atoms with Crippen molar-refractivity contribution in [2.75, 3.05) is 11.9 Å². The molecule has 4 aromatic heterocycles. The summed E-state index contributed by atoms with van der Waals surface area (Å²) in [4.78, 5) is 9.40. The number of pyridine rings is 1. The topological polar surface area (TPSA) is 82.7 Å². The van der Waals surface area contributed by atoms with Gasteiger partial charge in [-0.05, 0) is 73.9 Å². The highest BCUT2D eigenvalue weighted by Crippen LogP contribution is 2.37. The first-order valence-corrected chi connectivity index (χ1v) is 17.3. The molecule has 40 heavy (non-hydrogen) atoms. The molecule has 0 saturated heterocycles. The van der Waals surface area contributed by atoms with Gasteiger partial charge in [0.05, 0.1) is 11.4 Å². The summed E-state index contributed by atoms with van der Waals surface area (Å²) in [7, 11) is -1.91. The van der Waals surface area contributed by atoms with Crippen molar-refractivity contribution in [2.24, 2.45) is 0 Å². The third-order valence-corrected chi connectivity index (χ3v) is 12.9. The summed E-state index contributed by atoms with van der Waals surface area (Å²) >= 11 is 1.58. The molecule has 0 amide bonds. The Balaban J connectivity index is 1.52. The number of hydrogen-bond donors (Lipinski definition) is 1. The molecule has 1 aromatic carbocycles. The van der Waals surface area contributed by atoms with Gasteiger partial charge in [0, 0.05) is 60.1 Å². The third-order valence-electron chi connectivity index (χ3n) is 7.57. The highest BCUT2D eigenvalue weighted by Gasteiger charge is 2.37. The van der Waals surface area contributed by atoms with Crippen LogP contribution < -0.4 is 5.32 Å².